The summed E-state index contributed by atoms with van der Waals surface area (Å²) >= 11 is 1.24. The molecule has 1 saturated heterocycles. The molecule has 2 aliphatic heterocycles. The Hall–Kier alpha value is -3.33. The number of nitrogens with zero attached hydrogens (tertiary/aromatic N) is 4. The van der Waals surface area contributed by atoms with Crippen molar-refractivity contribution in [2.45, 2.75) is 13.0 Å². The molecule has 0 radical (unpaired) electrons. The van der Waals surface area contributed by atoms with Crippen LogP contribution in [-0.4, -0.2) is 54.9 Å². The van der Waals surface area contributed by atoms with Gasteiger partial charge in [-0.2, -0.15) is 0 Å². The van der Waals surface area contributed by atoms with E-state index in [1.807, 2.05) is 19.2 Å². The molecule has 8 nitrogen and oxygen atoms in total. The highest BCUT2D eigenvalue weighted by Crippen LogP contribution is 2.39. The van der Waals surface area contributed by atoms with Gasteiger partial charge >= 0.3 is 0 Å². The maximum absolute atomic E-state index is 12.4. The predicted octanol–water partition coefficient (Wildman–Crippen LogP) is 2.28. The highest BCUT2D eigenvalue weighted by Gasteiger charge is 2.26. The Labute approximate surface area is 184 Å². The molecule has 2 aromatic heterocycles. The van der Waals surface area contributed by atoms with Crippen molar-refractivity contribution in [2.24, 2.45) is 5.73 Å². The number of benzene rings is 1. The van der Waals surface area contributed by atoms with Crippen molar-refractivity contribution in [3.8, 4) is 0 Å². The van der Waals surface area contributed by atoms with Crippen molar-refractivity contribution in [1.29, 1.82) is 0 Å². The summed E-state index contributed by atoms with van der Waals surface area (Å²) in [5.41, 5.74) is 16.1. The van der Waals surface area contributed by atoms with E-state index in [0.29, 0.717) is 17.1 Å². The Balaban J connectivity index is 1.41. The van der Waals surface area contributed by atoms with E-state index in [1.54, 1.807) is 11.1 Å². The Morgan fingerprint density at radius 1 is 1.13 bits per heavy atom. The largest absolute Gasteiger partial charge is 0.397 e. The van der Waals surface area contributed by atoms with Crippen LogP contribution >= 0.6 is 11.3 Å². The molecule has 31 heavy (non-hydrogen) atoms. The molecule has 0 bridgehead atoms. The van der Waals surface area contributed by atoms with Crippen LogP contribution < -0.4 is 21.3 Å². The fourth-order valence-electron chi connectivity index (χ4n) is 4.52. The summed E-state index contributed by atoms with van der Waals surface area (Å²) in [6, 6.07) is 8.16. The maximum atomic E-state index is 12.4. The minimum Gasteiger partial charge on any atom is -0.397 e. The number of thiophene rings is 1. The number of aromatic nitrogens is 1. The van der Waals surface area contributed by atoms with Gasteiger partial charge in [0.2, 0.25) is 0 Å². The average molecular weight is 437 g/mol. The summed E-state index contributed by atoms with van der Waals surface area (Å²) in [7, 11) is 1.83. The summed E-state index contributed by atoms with van der Waals surface area (Å²) in [4.78, 5) is 36.0. The Kier molecular flexibility index (Phi) is 4.70. The van der Waals surface area contributed by atoms with Gasteiger partial charge in [0.25, 0.3) is 11.8 Å². The second-order valence-corrected chi connectivity index (χ2v) is 9.05. The highest BCUT2D eigenvalue weighted by molar-refractivity contribution is 7.21. The zero-order valence-electron chi connectivity index (χ0n) is 17.3. The van der Waals surface area contributed by atoms with Gasteiger partial charge in [-0.05, 0) is 30.2 Å². The number of amides is 2. The number of fused-ring (bicyclic) bond motifs is 2. The molecule has 0 aliphatic carbocycles. The molecule has 3 aromatic rings. The fraction of sp³-hybridized carbons (Fsp3) is 0.318. The number of carbonyl (C=O) groups excluding carboxylic acids is 2. The van der Waals surface area contributed by atoms with Crippen molar-refractivity contribution in [3.05, 3.63) is 46.5 Å². The first-order chi connectivity index (χ1) is 14.9. The van der Waals surface area contributed by atoms with Crippen molar-refractivity contribution in [1.82, 2.24) is 9.88 Å². The van der Waals surface area contributed by atoms with Crippen molar-refractivity contribution in [3.63, 3.8) is 0 Å². The molecule has 5 rings (SSSR count). The quantitative estimate of drug-likeness (QED) is 0.652. The molecule has 1 aromatic carbocycles. The SMILES string of the molecule is CN1Cc2ccc(N3CCCN(c4ccnc5sc(C(N)=O)c(N)c45)CC3)cc2C1=O. The van der Waals surface area contributed by atoms with Gasteiger partial charge in [0.15, 0.2) is 0 Å². The standard InChI is InChI=1S/C22H24N6O2S/c1-26-12-13-3-4-14(11-15(13)22(26)30)27-7-2-8-28(10-9-27)16-5-6-25-21-17(16)18(23)19(31-21)20(24)29/h3-6,11H,2,7-10,12,23H2,1H3,(H2,24,29). The van der Waals surface area contributed by atoms with Crippen molar-refractivity contribution in [2.75, 3.05) is 48.8 Å². The Bertz CT molecular complexity index is 1210. The molecule has 2 aliphatic rings. The molecule has 9 heteroatoms. The lowest BCUT2D eigenvalue weighted by atomic mass is 10.1. The first-order valence-corrected chi connectivity index (χ1v) is 11.1. The van der Waals surface area contributed by atoms with E-state index in [4.69, 9.17) is 11.5 Å². The van der Waals surface area contributed by atoms with Gasteiger partial charge in [-0.3, -0.25) is 9.59 Å². The monoisotopic (exact) mass is 436 g/mol. The third-order valence-corrected chi connectivity index (χ3v) is 7.24. The summed E-state index contributed by atoms with van der Waals surface area (Å²) in [6.45, 7) is 4.06. The van der Waals surface area contributed by atoms with E-state index < -0.39 is 5.91 Å². The normalized spacial score (nSPS) is 16.7. The average Bonchev–Trinajstić information content (AvgIpc) is 3.12. The third-order valence-electron chi connectivity index (χ3n) is 6.11. The molecule has 1 fully saturated rings. The summed E-state index contributed by atoms with van der Waals surface area (Å²) in [5.74, 6) is -0.434. The topological polar surface area (TPSA) is 109 Å². The van der Waals surface area contributed by atoms with Gasteiger partial charge in [0.1, 0.15) is 9.71 Å². The van der Waals surface area contributed by atoms with Crippen LogP contribution in [0, 0.1) is 0 Å². The van der Waals surface area contributed by atoms with E-state index in [9.17, 15) is 9.59 Å². The zero-order chi connectivity index (χ0) is 21.7. The van der Waals surface area contributed by atoms with Crippen LogP contribution in [0.3, 0.4) is 0 Å². The van der Waals surface area contributed by atoms with Crippen LogP contribution in [0.2, 0.25) is 0 Å². The predicted molar refractivity (Wildman–Crippen MR) is 124 cm³/mol. The van der Waals surface area contributed by atoms with E-state index >= 15 is 0 Å². The first kappa shape index (κ1) is 19.6. The highest BCUT2D eigenvalue weighted by atomic mass is 32.1. The molecular weight excluding hydrogens is 412 g/mol. The lowest BCUT2D eigenvalue weighted by molar-refractivity contribution is 0.0816. The van der Waals surface area contributed by atoms with Crippen LogP contribution in [0.4, 0.5) is 17.1 Å². The Morgan fingerprint density at radius 3 is 2.71 bits per heavy atom. The van der Waals surface area contributed by atoms with Crippen molar-refractivity contribution < 1.29 is 9.59 Å². The molecule has 4 heterocycles. The summed E-state index contributed by atoms with van der Waals surface area (Å²) in [5, 5.41) is 0.806. The summed E-state index contributed by atoms with van der Waals surface area (Å²) < 4.78 is 0. The molecule has 0 unspecified atom stereocenters. The maximum Gasteiger partial charge on any atom is 0.260 e. The molecule has 2 amide bonds. The van der Waals surface area contributed by atoms with Crippen LogP contribution in [0.15, 0.2) is 30.5 Å². The summed E-state index contributed by atoms with van der Waals surface area (Å²) in [6.07, 6.45) is 2.71. The number of nitrogens with two attached hydrogens (primary N) is 2. The molecular formula is C22H24N6O2S. The number of rotatable bonds is 3. The van der Waals surface area contributed by atoms with Crippen LogP contribution in [0.1, 0.15) is 32.0 Å². The number of hydrogen-bond acceptors (Lipinski definition) is 7. The van der Waals surface area contributed by atoms with Crippen LogP contribution in [0.5, 0.6) is 0 Å². The van der Waals surface area contributed by atoms with E-state index in [1.165, 1.54) is 11.3 Å². The van der Waals surface area contributed by atoms with Gasteiger partial charge in [-0.15, -0.1) is 11.3 Å². The lowest BCUT2D eigenvalue weighted by Crippen LogP contribution is -2.31. The van der Waals surface area contributed by atoms with Gasteiger partial charge in [0.05, 0.1) is 16.8 Å². The molecule has 0 spiro atoms. The van der Waals surface area contributed by atoms with E-state index in [2.05, 4.69) is 26.9 Å². The lowest BCUT2D eigenvalue weighted by Gasteiger charge is -2.25. The van der Waals surface area contributed by atoms with E-state index in [0.717, 1.165) is 65.3 Å². The van der Waals surface area contributed by atoms with Gasteiger partial charge < -0.3 is 26.2 Å². The molecule has 0 saturated carbocycles. The number of anilines is 3. The molecule has 160 valence electrons. The second kappa shape index (κ2) is 7.42. The zero-order valence-corrected chi connectivity index (χ0v) is 18.1. The Morgan fingerprint density at radius 2 is 1.90 bits per heavy atom. The molecule has 4 N–H and O–H groups in total. The van der Waals surface area contributed by atoms with Gasteiger partial charge in [-0.1, -0.05) is 6.07 Å². The van der Waals surface area contributed by atoms with Gasteiger partial charge in [0, 0.05) is 57.2 Å². The first-order valence-electron chi connectivity index (χ1n) is 10.3. The van der Waals surface area contributed by atoms with Crippen LogP contribution in [-0.2, 0) is 6.54 Å². The third kappa shape index (κ3) is 3.25. The second-order valence-electron chi connectivity index (χ2n) is 8.05. The fourth-order valence-corrected chi connectivity index (χ4v) is 5.46. The minimum atomic E-state index is -0.523. The number of hydrogen-bond donors (Lipinski definition) is 2. The number of nitrogen functional groups attached to an aromatic ring is 1. The smallest absolute Gasteiger partial charge is 0.260 e. The van der Waals surface area contributed by atoms with Gasteiger partial charge in [-0.25, -0.2) is 4.98 Å². The minimum absolute atomic E-state index is 0.0886. The van der Waals surface area contributed by atoms with E-state index in [-0.39, 0.29) is 5.91 Å². The number of primary amides is 1. The number of carbonyl (C=O) groups is 2. The number of pyridine rings is 1. The molecule has 0 atom stereocenters. The van der Waals surface area contributed by atoms with Crippen LogP contribution in [0.25, 0.3) is 10.2 Å². The van der Waals surface area contributed by atoms with Crippen molar-refractivity contribution >= 4 is 50.4 Å².